The van der Waals surface area contributed by atoms with Gasteiger partial charge in [0.1, 0.15) is 12.2 Å². The molecule has 7 N–H and O–H groups in total. The minimum atomic E-state index is -2.83. The number of rotatable bonds is 7. The molecule has 2 rings (SSSR count). The minimum Gasteiger partial charge on any atom is -0.477 e. The lowest BCUT2D eigenvalue weighted by molar-refractivity contribution is -0.294. The maximum Gasteiger partial charge on any atom is 0.364 e. The third kappa shape index (κ3) is 5.49. The van der Waals surface area contributed by atoms with Crippen LogP contribution in [0.5, 0.6) is 0 Å². The second-order valence-corrected chi connectivity index (χ2v) is 6.80. The molecule has 29 heavy (non-hydrogen) atoms. The minimum absolute atomic E-state index is 0.315. The lowest BCUT2D eigenvalue weighted by Crippen LogP contribution is -2.67. The fourth-order valence-electron chi connectivity index (χ4n) is 3.04. The van der Waals surface area contributed by atoms with Crippen LogP contribution in [0.25, 0.3) is 0 Å². The Hall–Kier alpha value is -2.57. The Morgan fingerprint density at radius 3 is 2.41 bits per heavy atom. The Kier molecular flexibility index (Phi) is 7.27. The molecule has 11 nitrogen and oxygen atoms in total. The average Bonchev–Trinajstić information content (AvgIpc) is 2.67. The standard InChI is InChI=1S/C18H24N2O9/c1-9(21)20-13-11(22)7-18(28,17(26)27)29-15(13)14(24)12(23)8-19-16(25)10-5-3-2-4-6-10/h2-6,11-15,22-24,28H,7-8H2,1H3,(H,19,25)(H,20,21)(H,26,27). The van der Waals surface area contributed by atoms with E-state index in [1.165, 1.54) is 0 Å². The van der Waals surface area contributed by atoms with Gasteiger partial charge in [-0.15, -0.1) is 0 Å². The van der Waals surface area contributed by atoms with Crippen molar-refractivity contribution in [3.8, 4) is 0 Å². The molecular weight excluding hydrogens is 388 g/mol. The highest BCUT2D eigenvalue weighted by atomic mass is 16.7. The number of aliphatic carboxylic acids is 1. The SMILES string of the molecule is CC(=O)NC1C(O)CC(O)(C(=O)O)OC1C(O)C(O)CNC(=O)c1ccccc1. The Morgan fingerprint density at radius 2 is 1.86 bits per heavy atom. The van der Waals surface area contributed by atoms with E-state index in [0.717, 1.165) is 6.92 Å². The Bertz CT molecular complexity index is 744. The highest BCUT2D eigenvalue weighted by Crippen LogP contribution is 2.30. The zero-order chi connectivity index (χ0) is 21.8. The first-order valence-electron chi connectivity index (χ1n) is 8.83. The van der Waals surface area contributed by atoms with Gasteiger partial charge in [-0.3, -0.25) is 9.59 Å². The van der Waals surface area contributed by atoms with E-state index < -0.39 is 67.0 Å². The average molecular weight is 412 g/mol. The van der Waals surface area contributed by atoms with Gasteiger partial charge < -0.3 is 40.9 Å². The first kappa shape index (κ1) is 22.7. The summed E-state index contributed by atoms with van der Waals surface area (Å²) in [7, 11) is 0. The van der Waals surface area contributed by atoms with Crippen molar-refractivity contribution >= 4 is 17.8 Å². The fourth-order valence-corrected chi connectivity index (χ4v) is 3.04. The van der Waals surface area contributed by atoms with Crippen molar-refractivity contribution in [2.75, 3.05) is 6.54 Å². The smallest absolute Gasteiger partial charge is 0.364 e. The van der Waals surface area contributed by atoms with Crippen molar-refractivity contribution in [2.45, 2.75) is 49.6 Å². The Morgan fingerprint density at radius 1 is 1.24 bits per heavy atom. The zero-order valence-electron chi connectivity index (χ0n) is 15.6. The summed E-state index contributed by atoms with van der Waals surface area (Å²) in [5, 5.41) is 54.8. The molecule has 1 fully saturated rings. The lowest BCUT2D eigenvalue weighted by atomic mass is 9.88. The van der Waals surface area contributed by atoms with Gasteiger partial charge in [-0.05, 0) is 12.1 Å². The van der Waals surface area contributed by atoms with Crippen molar-refractivity contribution in [2.24, 2.45) is 0 Å². The second kappa shape index (κ2) is 9.29. The molecule has 2 amide bonds. The van der Waals surface area contributed by atoms with Crippen LogP contribution in [-0.4, -0.2) is 86.1 Å². The van der Waals surface area contributed by atoms with Crippen LogP contribution in [0.4, 0.5) is 0 Å². The van der Waals surface area contributed by atoms with Gasteiger partial charge in [-0.2, -0.15) is 0 Å². The van der Waals surface area contributed by atoms with Crippen molar-refractivity contribution in [1.82, 2.24) is 10.6 Å². The number of aliphatic hydroxyl groups excluding tert-OH is 3. The summed E-state index contributed by atoms with van der Waals surface area (Å²) < 4.78 is 5.05. The molecule has 1 aromatic carbocycles. The van der Waals surface area contributed by atoms with Gasteiger partial charge in [0.05, 0.1) is 18.2 Å². The molecule has 1 saturated heterocycles. The molecule has 1 aliphatic rings. The molecule has 160 valence electrons. The fraction of sp³-hybridized carbons (Fsp3) is 0.500. The second-order valence-electron chi connectivity index (χ2n) is 6.80. The molecule has 0 saturated carbocycles. The topological polar surface area (TPSA) is 186 Å². The number of carboxylic acid groups (broad SMARTS) is 1. The van der Waals surface area contributed by atoms with Gasteiger partial charge in [0.2, 0.25) is 5.91 Å². The highest BCUT2D eigenvalue weighted by molar-refractivity contribution is 5.94. The van der Waals surface area contributed by atoms with Crippen LogP contribution in [-0.2, 0) is 14.3 Å². The number of amides is 2. The summed E-state index contributed by atoms with van der Waals surface area (Å²) >= 11 is 0. The van der Waals surface area contributed by atoms with Gasteiger partial charge in [-0.1, -0.05) is 18.2 Å². The summed E-state index contributed by atoms with van der Waals surface area (Å²) in [6.07, 6.45) is -7.54. The molecule has 6 unspecified atom stereocenters. The van der Waals surface area contributed by atoms with Crippen LogP contribution in [0, 0.1) is 0 Å². The third-order valence-electron chi connectivity index (χ3n) is 4.53. The van der Waals surface area contributed by atoms with E-state index in [0.29, 0.717) is 5.56 Å². The third-order valence-corrected chi connectivity index (χ3v) is 4.53. The molecular formula is C18H24N2O9. The van der Waals surface area contributed by atoms with Crippen molar-refractivity contribution in [1.29, 1.82) is 0 Å². The van der Waals surface area contributed by atoms with Gasteiger partial charge >= 0.3 is 5.97 Å². The summed E-state index contributed by atoms with van der Waals surface area (Å²) in [5.74, 6) is -5.76. The van der Waals surface area contributed by atoms with Gasteiger partial charge in [0.15, 0.2) is 0 Å². The van der Waals surface area contributed by atoms with Crippen LogP contribution in [0.2, 0.25) is 0 Å². The number of carboxylic acids is 1. The summed E-state index contributed by atoms with van der Waals surface area (Å²) in [6, 6.07) is 6.77. The predicted molar refractivity (Wildman–Crippen MR) is 96.5 cm³/mol. The molecule has 11 heteroatoms. The number of ether oxygens (including phenoxy) is 1. The Labute approximate surface area is 165 Å². The van der Waals surface area contributed by atoms with E-state index in [9.17, 15) is 34.8 Å². The monoisotopic (exact) mass is 412 g/mol. The maximum absolute atomic E-state index is 12.1. The molecule has 0 aliphatic carbocycles. The van der Waals surface area contributed by atoms with Crippen LogP contribution in [0.3, 0.4) is 0 Å². The number of hydrogen-bond acceptors (Lipinski definition) is 8. The van der Waals surface area contributed by atoms with Crippen LogP contribution < -0.4 is 10.6 Å². The molecule has 6 atom stereocenters. The van der Waals surface area contributed by atoms with Crippen LogP contribution in [0.15, 0.2) is 30.3 Å². The number of benzene rings is 1. The van der Waals surface area contributed by atoms with E-state index in [2.05, 4.69) is 10.6 Å². The van der Waals surface area contributed by atoms with Gasteiger partial charge in [0, 0.05) is 25.5 Å². The maximum atomic E-state index is 12.1. The number of carbonyl (C=O) groups excluding carboxylic acids is 2. The lowest BCUT2D eigenvalue weighted by Gasteiger charge is -2.44. The first-order chi connectivity index (χ1) is 13.5. The molecule has 1 aliphatic heterocycles. The van der Waals surface area contributed by atoms with Crippen molar-refractivity contribution in [3.05, 3.63) is 35.9 Å². The van der Waals surface area contributed by atoms with E-state index in [-0.39, 0.29) is 0 Å². The van der Waals surface area contributed by atoms with Crippen molar-refractivity contribution in [3.63, 3.8) is 0 Å². The van der Waals surface area contributed by atoms with Gasteiger partial charge in [-0.25, -0.2) is 4.79 Å². The number of carbonyl (C=O) groups is 3. The van der Waals surface area contributed by atoms with Crippen LogP contribution >= 0.6 is 0 Å². The number of nitrogens with one attached hydrogen (secondary N) is 2. The molecule has 1 heterocycles. The van der Waals surface area contributed by atoms with Crippen molar-refractivity contribution < 1.29 is 44.7 Å². The largest absolute Gasteiger partial charge is 0.477 e. The summed E-state index contributed by atoms with van der Waals surface area (Å²) in [6.45, 7) is 0.688. The zero-order valence-corrected chi connectivity index (χ0v) is 15.6. The first-order valence-corrected chi connectivity index (χ1v) is 8.83. The van der Waals surface area contributed by atoms with Crippen LogP contribution in [0.1, 0.15) is 23.7 Å². The molecule has 0 bridgehead atoms. The van der Waals surface area contributed by atoms with Gasteiger partial charge in [0.25, 0.3) is 11.7 Å². The van der Waals surface area contributed by atoms with E-state index in [1.54, 1.807) is 30.3 Å². The quantitative estimate of drug-likeness (QED) is 0.256. The van der Waals surface area contributed by atoms with E-state index in [4.69, 9.17) is 9.84 Å². The molecule has 0 aromatic heterocycles. The summed E-state index contributed by atoms with van der Waals surface area (Å²) in [5.41, 5.74) is 0.315. The summed E-state index contributed by atoms with van der Waals surface area (Å²) in [4.78, 5) is 34.7. The Balaban J connectivity index is 2.12. The number of aliphatic hydroxyl groups is 4. The number of hydrogen-bond donors (Lipinski definition) is 7. The normalized spacial score (nSPS) is 28.8. The van der Waals surface area contributed by atoms with E-state index >= 15 is 0 Å². The molecule has 0 spiro atoms. The predicted octanol–water partition coefficient (Wildman–Crippen LogP) is -2.43. The highest BCUT2D eigenvalue weighted by Gasteiger charge is 2.53. The molecule has 0 radical (unpaired) electrons. The molecule has 1 aromatic rings. The van der Waals surface area contributed by atoms with E-state index in [1.807, 2.05) is 0 Å².